The Morgan fingerprint density at radius 2 is 1.81 bits per heavy atom. The number of carbonyl (C=O) groups is 1. The monoisotopic (exact) mass is 457 g/mol. The zero-order valence-electron chi connectivity index (χ0n) is 18.4. The fraction of sp³-hybridized carbons (Fsp3) is 0.375. The van der Waals surface area contributed by atoms with Crippen LogP contribution in [0.15, 0.2) is 65.1 Å². The van der Waals surface area contributed by atoms with Crippen molar-refractivity contribution in [1.29, 1.82) is 0 Å². The lowest BCUT2D eigenvalue weighted by Crippen LogP contribution is -2.54. The summed E-state index contributed by atoms with van der Waals surface area (Å²) in [5.41, 5.74) is 3.04. The molecule has 1 fully saturated rings. The fourth-order valence-electron chi connectivity index (χ4n) is 4.35. The molecule has 4 rings (SSSR count). The minimum atomic E-state index is -3.71. The molecule has 32 heavy (non-hydrogen) atoms. The van der Waals surface area contributed by atoms with Gasteiger partial charge in [-0.25, -0.2) is 12.8 Å². The third kappa shape index (κ3) is 4.56. The minimum absolute atomic E-state index is 0.0143. The van der Waals surface area contributed by atoms with Crippen molar-refractivity contribution in [2.75, 3.05) is 37.6 Å². The van der Waals surface area contributed by atoms with Crippen LogP contribution in [0.2, 0.25) is 0 Å². The van der Waals surface area contributed by atoms with Gasteiger partial charge in [-0.2, -0.15) is 4.31 Å². The number of amides is 1. The van der Waals surface area contributed by atoms with Crippen molar-refractivity contribution >= 4 is 21.6 Å². The molecule has 1 atom stereocenters. The number of hydrogen-bond acceptors (Lipinski definition) is 4. The van der Waals surface area contributed by atoms with Gasteiger partial charge in [0.15, 0.2) is 0 Å². The van der Waals surface area contributed by atoms with E-state index in [1.54, 1.807) is 6.08 Å². The smallest absolute Gasteiger partial charge is 0.249 e. The van der Waals surface area contributed by atoms with E-state index in [2.05, 4.69) is 36.9 Å². The standard InChI is InChI=1S/C24H28FN3O3S/c1-18-4-3-5-22(16-18)28-15-14-26(17-19(28)2)24(29)20-10-12-27(13-11-20)32(30,31)23-8-6-21(25)7-9-23/h3-10,16,19H,11-15,17H2,1-2H3/t19-/m1/s1. The molecule has 2 heterocycles. The largest absolute Gasteiger partial charge is 0.365 e. The van der Waals surface area contributed by atoms with Crippen LogP contribution in [0.4, 0.5) is 10.1 Å². The first-order valence-electron chi connectivity index (χ1n) is 10.8. The van der Waals surface area contributed by atoms with E-state index in [0.29, 0.717) is 25.1 Å². The molecular formula is C24H28FN3O3S. The zero-order valence-corrected chi connectivity index (χ0v) is 19.2. The second kappa shape index (κ2) is 9.03. The molecule has 1 amide bonds. The van der Waals surface area contributed by atoms with Gasteiger partial charge in [-0.05, 0) is 62.2 Å². The van der Waals surface area contributed by atoms with Crippen molar-refractivity contribution in [1.82, 2.24) is 9.21 Å². The summed E-state index contributed by atoms with van der Waals surface area (Å²) < 4.78 is 40.0. The van der Waals surface area contributed by atoms with E-state index in [0.717, 1.165) is 18.7 Å². The topological polar surface area (TPSA) is 60.9 Å². The molecule has 0 saturated carbocycles. The fourth-order valence-corrected chi connectivity index (χ4v) is 5.73. The predicted octanol–water partition coefficient (Wildman–Crippen LogP) is 3.19. The lowest BCUT2D eigenvalue weighted by Gasteiger charge is -2.42. The minimum Gasteiger partial charge on any atom is -0.365 e. The predicted molar refractivity (Wildman–Crippen MR) is 122 cm³/mol. The Labute approximate surface area is 189 Å². The van der Waals surface area contributed by atoms with E-state index in [4.69, 9.17) is 0 Å². The van der Waals surface area contributed by atoms with Crippen LogP contribution in [0.3, 0.4) is 0 Å². The number of carbonyl (C=O) groups excluding carboxylic acids is 1. The lowest BCUT2D eigenvalue weighted by molar-refractivity contribution is -0.128. The average Bonchev–Trinajstić information content (AvgIpc) is 2.79. The molecule has 6 nitrogen and oxygen atoms in total. The van der Waals surface area contributed by atoms with Crippen LogP contribution >= 0.6 is 0 Å². The van der Waals surface area contributed by atoms with E-state index in [-0.39, 0.29) is 29.9 Å². The molecule has 0 spiro atoms. The quantitative estimate of drug-likeness (QED) is 0.708. The highest BCUT2D eigenvalue weighted by Crippen LogP contribution is 2.25. The summed E-state index contributed by atoms with van der Waals surface area (Å²) in [6.07, 6.45) is 2.08. The first-order chi connectivity index (χ1) is 15.3. The van der Waals surface area contributed by atoms with Gasteiger partial charge in [0.25, 0.3) is 0 Å². The normalized spacial score (nSPS) is 20.2. The van der Waals surface area contributed by atoms with Gasteiger partial charge in [-0.3, -0.25) is 4.79 Å². The van der Waals surface area contributed by atoms with Gasteiger partial charge in [0.2, 0.25) is 15.9 Å². The molecule has 8 heteroatoms. The summed E-state index contributed by atoms with van der Waals surface area (Å²) in [5, 5.41) is 0. The Morgan fingerprint density at radius 1 is 1.06 bits per heavy atom. The number of nitrogens with zero attached hydrogens (tertiary/aromatic N) is 3. The number of anilines is 1. The van der Waals surface area contributed by atoms with Crippen molar-refractivity contribution in [3.63, 3.8) is 0 Å². The van der Waals surface area contributed by atoms with Crippen molar-refractivity contribution in [3.8, 4) is 0 Å². The van der Waals surface area contributed by atoms with Crippen LogP contribution in [-0.2, 0) is 14.8 Å². The van der Waals surface area contributed by atoms with Crippen LogP contribution in [0.25, 0.3) is 0 Å². The van der Waals surface area contributed by atoms with Gasteiger partial charge >= 0.3 is 0 Å². The van der Waals surface area contributed by atoms with Crippen LogP contribution in [0.1, 0.15) is 18.9 Å². The molecule has 0 aromatic heterocycles. The van der Waals surface area contributed by atoms with Crippen molar-refractivity contribution < 1.29 is 17.6 Å². The second-order valence-corrected chi connectivity index (χ2v) is 10.4. The Balaban J connectivity index is 1.40. The molecule has 170 valence electrons. The number of aryl methyl sites for hydroxylation is 1. The van der Waals surface area contributed by atoms with Gasteiger partial charge < -0.3 is 9.80 Å². The summed E-state index contributed by atoms with van der Waals surface area (Å²) in [7, 11) is -3.71. The lowest BCUT2D eigenvalue weighted by atomic mass is 10.1. The summed E-state index contributed by atoms with van der Waals surface area (Å²) in [5.74, 6) is -0.494. The van der Waals surface area contributed by atoms with Crippen LogP contribution in [0.5, 0.6) is 0 Å². The SMILES string of the molecule is Cc1cccc(N2CCN(C(=O)C3=CCN(S(=O)(=O)c4ccc(F)cc4)CC3)C[C@H]2C)c1. The number of rotatable bonds is 4. The maximum atomic E-state index is 13.1. The van der Waals surface area contributed by atoms with Gasteiger partial charge in [0, 0.05) is 50.0 Å². The van der Waals surface area contributed by atoms with Crippen molar-refractivity contribution in [3.05, 3.63) is 71.6 Å². The molecule has 0 radical (unpaired) electrons. The maximum absolute atomic E-state index is 13.1. The Kier molecular flexibility index (Phi) is 6.35. The third-order valence-electron chi connectivity index (χ3n) is 6.15. The molecule has 1 saturated heterocycles. The molecule has 2 aliphatic rings. The zero-order chi connectivity index (χ0) is 22.9. The van der Waals surface area contributed by atoms with E-state index < -0.39 is 15.8 Å². The number of benzene rings is 2. The molecule has 2 aromatic rings. The van der Waals surface area contributed by atoms with Gasteiger partial charge in [0.05, 0.1) is 4.90 Å². The molecular weight excluding hydrogens is 429 g/mol. The molecule has 2 aromatic carbocycles. The summed E-state index contributed by atoms with van der Waals surface area (Å²) in [6.45, 7) is 6.58. The van der Waals surface area contributed by atoms with E-state index in [1.807, 2.05) is 11.0 Å². The van der Waals surface area contributed by atoms with Gasteiger partial charge in [-0.1, -0.05) is 18.2 Å². The Bertz CT molecular complexity index is 1130. The average molecular weight is 458 g/mol. The van der Waals surface area contributed by atoms with Crippen molar-refractivity contribution in [2.45, 2.75) is 31.2 Å². The number of piperazine rings is 1. The Morgan fingerprint density at radius 3 is 2.44 bits per heavy atom. The summed E-state index contributed by atoms with van der Waals surface area (Å²) in [6, 6.07) is 13.4. The summed E-state index contributed by atoms with van der Waals surface area (Å²) >= 11 is 0. The van der Waals surface area contributed by atoms with Gasteiger partial charge in [0.1, 0.15) is 5.82 Å². The number of sulfonamides is 1. The molecule has 2 aliphatic heterocycles. The van der Waals surface area contributed by atoms with Gasteiger partial charge in [-0.15, -0.1) is 0 Å². The maximum Gasteiger partial charge on any atom is 0.249 e. The van der Waals surface area contributed by atoms with E-state index in [9.17, 15) is 17.6 Å². The summed E-state index contributed by atoms with van der Waals surface area (Å²) in [4.78, 5) is 17.3. The first-order valence-corrected chi connectivity index (χ1v) is 12.3. The highest BCUT2D eigenvalue weighted by Gasteiger charge is 2.32. The Hall–Kier alpha value is -2.71. The van der Waals surface area contributed by atoms with E-state index in [1.165, 1.54) is 27.7 Å². The van der Waals surface area contributed by atoms with Crippen molar-refractivity contribution in [2.24, 2.45) is 0 Å². The highest BCUT2D eigenvalue weighted by atomic mass is 32.2. The number of hydrogen-bond donors (Lipinski definition) is 0. The number of halogens is 1. The molecule has 0 N–H and O–H groups in total. The van der Waals surface area contributed by atoms with E-state index >= 15 is 0 Å². The third-order valence-corrected chi connectivity index (χ3v) is 8.03. The highest BCUT2D eigenvalue weighted by molar-refractivity contribution is 7.89. The van der Waals surface area contributed by atoms with Crippen LogP contribution < -0.4 is 4.90 Å². The molecule has 0 aliphatic carbocycles. The molecule has 0 unspecified atom stereocenters. The first kappa shape index (κ1) is 22.5. The van der Waals surface area contributed by atoms with Crippen LogP contribution in [0, 0.1) is 12.7 Å². The molecule has 0 bridgehead atoms. The second-order valence-electron chi connectivity index (χ2n) is 8.43. The van der Waals surface area contributed by atoms with Crippen LogP contribution in [-0.4, -0.2) is 62.3 Å².